The van der Waals surface area contributed by atoms with Crippen molar-refractivity contribution in [1.82, 2.24) is 10.3 Å². The largest absolute Gasteiger partial charge is 0.325 e. The Morgan fingerprint density at radius 3 is 2.67 bits per heavy atom. The topological polar surface area (TPSA) is 62.0 Å². The van der Waals surface area contributed by atoms with Crippen molar-refractivity contribution in [2.45, 2.75) is 27.2 Å². The van der Waals surface area contributed by atoms with E-state index in [-0.39, 0.29) is 11.5 Å². The fourth-order valence-electron chi connectivity index (χ4n) is 1.78. The van der Waals surface area contributed by atoms with Crippen molar-refractivity contribution in [2.75, 3.05) is 0 Å². The Morgan fingerprint density at radius 2 is 2.06 bits per heavy atom. The van der Waals surface area contributed by atoms with Crippen molar-refractivity contribution in [3.63, 3.8) is 0 Å². The molecule has 18 heavy (non-hydrogen) atoms. The summed E-state index contributed by atoms with van der Waals surface area (Å²) in [5.41, 5.74) is 0.843. The number of H-pyrrole nitrogens is 1. The van der Waals surface area contributed by atoms with E-state index in [2.05, 4.69) is 16.2 Å². The van der Waals surface area contributed by atoms with Gasteiger partial charge in [0.1, 0.15) is 0 Å². The summed E-state index contributed by atoms with van der Waals surface area (Å²) >= 11 is 0. The van der Waals surface area contributed by atoms with Crippen LogP contribution in [0.3, 0.4) is 0 Å². The molecule has 0 spiro atoms. The molecule has 0 bridgehead atoms. The average Bonchev–Trinajstić information content (AvgIpc) is 2.64. The van der Waals surface area contributed by atoms with Gasteiger partial charge in [-0.2, -0.15) is 0 Å². The zero-order valence-corrected chi connectivity index (χ0v) is 10.8. The van der Waals surface area contributed by atoms with Gasteiger partial charge in [-0.25, -0.2) is 0 Å². The van der Waals surface area contributed by atoms with Gasteiger partial charge in [0.05, 0.1) is 5.56 Å². The lowest BCUT2D eigenvalue weighted by atomic mass is 10.2. The molecule has 1 aromatic heterocycles. The molecule has 0 aliphatic carbocycles. The van der Waals surface area contributed by atoms with Crippen LogP contribution in [0, 0.1) is 12.3 Å². The summed E-state index contributed by atoms with van der Waals surface area (Å²) in [4.78, 5) is 25.5. The number of rotatable bonds is 1. The molecule has 2 N–H and O–H groups in total. The van der Waals surface area contributed by atoms with E-state index in [0.717, 1.165) is 10.9 Å². The third-order valence-electron chi connectivity index (χ3n) is 2.42. The van der Waals surface area contributed by atoms with Gasteiger partial charge in [0.15, 0.2) is 0 Å². The average molecular weight is 244 g/mol. The van der Waals surface area contributed by atoms with Crippen LogP contribution in [-0.2, 0) is 0 Å². The number of aromatic amines is 1. The number of hydrogen-bond acceptors (Lipinski definition) is 2. The van der Waals surface area contributed by atoms with Crippen molar-refractivity contribution in [1.29, 1.82) is 0 Å². The molecule has 0 saturated carbocycles. The molecule has 0 aromatic carbocycles. The Labute approximate surface area is 105 Å². The predicted octanol–water partition coefficient (Wildman–Crippen LogP) is 0.0764. The molecular weight excluding hydrogens is 228 g/mol. The van der Waals surface area contributed by atoms with Gasteiger partial charge in [-0.05, 0) is 13.0 Å². The molecule has 1 aliphatic heterocycles. The smallest absolute Gasteiger partial charge is 0.256 e. The number of carbonyl (C=O) groups excluding carboxylic acids is 1. The van der Waals surface area contributed by atoms with E-state index < -0.39 is 0 Å². The summed E-state index contributed by atoms with van der Waals surface area (Å²) in [6.07, 6.45) is 7.30. The number of carbonyl (C=O) groups is 1. The third-order valence-corrected chi connectivity index (χ3v) is 2.42. The van der Waals surface area contributed by atoms with Gasteiger partial charge in [-0.15, -0.1) is 12.3 Å². The first kappa shape index (κ1) is 13.8. The summed E-state index contributed by atoms with van der Waals surface area (Å²) in [5, 5.41) is 4.02. The molecule has 0 atom stereocenters. The van der Waals surface area contributed by atoms with Crippen LogP contribution in [0.25, 0.3) is 11.8 Å². The van der Waals surface area contributed by atoms with E-state index >= 15 is 0 Å². The summed E-state index contributed by atoms with van der Waals surface area (Å²) in [6, 6.07) is 1.30. The van der Waals surface area contributed by atoms with Crippen LogP contribution >= 0.6 is 0 Å². The van der Waals surface area contributed by atoms with Crippen molar-refractivity contribution >= 4 is 17.7 Å². The van der Waals surface area contributed by atoms with Crippen LogP contribution < -0.4 is 21.4 Å². The maximum absolute atomic E-state index is 11.5. The molecule has 0 unspecified atom stereocenters. The molecule has 0 saturated heterocycles. The Bertz CT molecular complexity index is 675. The van der Waals surface area contributed by atoms with E-state index in [4.69, 9.17) is 6.42 Å². The van der Waals surface area contributed by atoms with Crippen LogP contribution in [0.4, 0.5) is 0 Å². The van der Waals surface area contributed by atoms with Crippen molar-refractivity contribution in [3.8, 4) is 12.3 Å². The van der Waals surface area contributed by atoms with Crippen LogP contribution in [0.5, 0.6) is 0 Å². The quantitative estimate of drug-likeness (QED) is 0.687. The minimum Gasteiger partial charge on any atom is -0.325 e. The maximum atomic E-state index is 11.5. The fraction of sp³-hybridized carbons (Fsp3) is 0.286. The predicted molar refractivity (Wildman–Crippen MR) is 72.1 cm³/mol. The van der Waals surface area contributed by atoms with Crippen molar-refractivity contribution < 1.29 is 4.79 Å². The Balaban J connectivity index is 0.000000771. The lowest BCUT2D eigenvalue weighted by Crippen LogP contribution is -2.36. The highest BCUT2D eigenvalue weighted by Gasteiger charge is 2.18. The molecule has 0 fully saturated rings. The van der Waals surface area contributed by atoms with Crippen LogP contribution in [0.2, 0.25) is 0 Å². The van der Waals surface area contributed by atoms with E-state index in [1.54, 1.807) is 13.0 Å². The van der Waals surface area contributed by atoms with Crippen molar-refractivity contribution in [2.24, 2.45) is 0 Å². The normalized spacial score (nSPS) is 13.3. The zero-order chi connectivity index (χ0) is 13.7. The number of nitrogens with one attached hydrogen (secondary N) is 2. The SMILES string of the molecule is C#CC/C=c1/[nH]c(=O)cc2c1=C(C)NC2=O.CC. The van der Waals surface area contributed by atoms with Gasteiger partial charge < -0.3 is 10.3 Å². The molecular formula is C14H16N2O2. The van der Waals surface area contributed by atoms with E-state index in [1.165, 1.54) is 6.07 Å². The molecule has 2 heterocycles. The molecule has 1 amide bonds. The lowest BCUT2D eigenvalue weighted by Gasteiger charge is -1.92. The summed E-state index contributed by atoms with van der Waals surface area (Å²) in [7, 11) is 0. The monoisotopic (exact) mass is 244 g/mol. The third kappa shape index (κ3) is 2.51. The van der Waals surface area contributed by atoms with E-state index in [1.807, 2.05) is 13.8 Å². The van der Waals surface area contributed by atoms with Gasteiger partial charge >= 0.3 is 0 Å². The first-order valence-corrected chi connectivity index (χ1v) is 5.82. The van der Waals surface area contributed by atoms with Crippen LogP contribution in [0.15, 0.2) is 10.9 Å². The van der Waals surface area contributed by atoms with E-state index in [0.29, 0.717) is 17.3 Å². The minimum absolute atomic E-state index is 0.242. The molecule has 4 nitrogen and oxygen atoms in total. The molecule has 1 aromatic rings. The standard InChI is InChI=1S/C12H10N2O2.C2H6/c1-3-4-5-9-11-7(2)13-12(16)8(11)6-10(15)14-9;1-2/h1,5-6H,4H2,2H3,(H,13,16)(H,14,15);1-2H3/b9-5+;. The molecule has 2 rings (SSSR count). The minimum atomic E-state index is -0.299. The number of terminal acetylenes is 1. The second-order valence-electron chi connectivity index (χ2n) is 3.53. The first-order chi connectivity index (χ1) is 8.63. The van der Waals surface area contributed by atoms with Crippen LogP contribution in [-0.4, -0.2) is 10.9 Å². The number of hydrogen-bond donors (Lipinski definition) is 2. The Morgan fingerprint density at radius 1 is 1.39 bits per heavy atom. The van der Waals surface area contributed by atoms with Crippen LogP contribution in [0.1, 0.15) is 37.6 Å². The highest BCUT2D eigenvalue weighted by atomic mass is 16.2. The number of fused-ring (bicyclic) bond motifs is 1. The number of pyridine rings is 1. The summed E-state index contributed by atoms with van der Waals surface area (Å²) in [6.45, 7) is 5.79. The van der Waals surface area contributed by atoms with Gasteiger partial charge in [0.25, 0.3) is 5.91 Å². The second kappa shape index (κ2) is 5.87. The molecule has 1 aliphatic rings. The Kier molecular flexibility index (Phi) is 4.50. The lowest BCUT2D eigenvalue weighted by molar-refractivity contribution is 0.0978. The summed E-state index contributed by atoms with van der Waals surface area (Å²) in [5.74, 6) is 2.22. The zero-order valence-electron chi connectivity index (χ0n) is 10.8. The van der Waals surface area contributed by atoms with Gasteiger partial charge in [0.2, 0.25) is 5.56 Å². The highest BCUT2D eigenvalue weighted by Crippen LogP contribution is 1.97. The van der Waals surface area contributed by atoms with Gasteiger partial charge in [-0.3, -0.25) is 9.59 Å². The highest BCUT2D eigenvalue weighted by molar-refractivity contribution is 6.02. The first-order valence-electron chi connectivity index (χ1n) is 5.82. The molecule has 4 heteroatoms. The number of aromatic nitrogens is 1. The number of amides is 1. The molecule has 94 valence electrons. The maximum Gasteiger partial charge on any atom is 0.256 e. The van der Waals surface area contributed by atoms with Gasteiger partial charge in [-0.1, -0.05) is 13.8 Å². The fourth-order valence-corrected chi connectivity index (χ4v) is 1.78. The second-order valence-corrected chi connectivity index (χ2v) is 3.53. The van der Waals surface area contributed by atoms with Crippen molar-refractivity contribution in [3.05, 3.63) is 32.6 Å². The van der Waals surface area contributed by atoms with Gasteiger partial charge in [0, 0.05) is 28.8 Å². The summed E-state index contributed by atoms with van der Waals surface area (Å²) < 4.78 is 0. The Hall–Kier alpha value is -2.28. The van der Waals surface area contributed by atoms with E-state index in [9.17, 15) is 9.59 Å². The molecule has 0 radical (unpaired) electrons.